The molecule has 0 saturated heterocycles. The molecule has 3 N–H and O–H groups in total. The molecule has 0 amide bonds. The molecule has 0 radical (unpaired) electrons. The van der Waals surface area contributed by atoms with E-state index in [-0.39, 0.29) is 0 Å². The molecule has 0 aromatic heterocycles. The second-order valence-electron chi connectivity index (χ2n) is 2.33. The Labute approximate surface area is 62.9 Å². The summed E-state index contributed by atoms with van der Waals surface area (Å²) >= 11 is 0. The Morgan fingerprint density at radius 1 is 1.36 bits per heavy atom. The minimum absolute atomic E-state index is 0.493. The molecule has 1 heterocycles. The molecule has 0 fully saturated rings. The van der Waals surface area contributed by atoms with Gasteiger partial charge in [-0.2, -0.15) is 5.21 Å². The van der Waals surface area contributed by atoms with E-state index in [0.717, 1.165) is 0 Å². The molecule has 1 aromatic rings. The Kier molecular flexibility index (Phi) is 1.08. The standard InChI is InChI=1S/C6H7N4O/c7-10(11)6-4-2-1-3-5(6)8-9-10/h1-4,11H,7H2/q+1. The van der Waals surface area contributed by atoms with E-state index >= 15 is 0 Å². The SMILES string of the molecule is N[N+]1(O)N=Nc2ccccc21. The zero-order valence-corrected chi connectivity index (χ0v) is 5.68. The Morgan fingerprint density at radius 2 is 2.09 bits per heavy atom. The average molecular weight is 151 g/mol. The van der Waals surface area contributed by atoms with Crippen LogP contribution in [0.4, 0.5) is 11.4 Å². The van der Waals surface area contributed by atoms with Crippen LogP contribution in [0, 0.1) is 0 Å². The number of fused-ring (bicyclic) bond motifs is 1. The fraction of sp³-hybridized carbons (Fsp3) is 0. The molecule has 5 nitrogen and oxygen atoms in total. The van der Waals surface area contributed by atoms with Gasteiger partial charge in [0.15, 0.2) is 5.69 Å². The molecular weight excluding hydrogens is 144 g/mol. The van der Waals surface area contributed by atoms with Crippen LogP contribution in [0.25, 0.3) is 0 Å². The van der Waals surface area contributed by atoms with Crippen LogP contribution in [0.1, 0.15) is 0 Å². The van der Waals surface area contributed by atoms with E-state index in [4.69, 9.17) is 5.84 Å². The number of quaternary nitrogens is 1. The molecule has 0 spiro atoms. The Bertz CT molecular complexity index is 320. The summed E-state index contributed by atoms with van der Waals surface area (Å²) in [5, 5.41) is 16.4. The van der Waals surface area contributed by atoms with Crippen molar-refractivity contribution < 1.29 is 5.21 Å². The molecule has 0 aliphatic carbocycles. The van der Waals surface area contributed by atoms with Crippen molar-refractivity contribution in [1.29, 1.82) is 0 Å². The quantitative estimate of drug-likeness (QED) is 0.433. The van der Waals surface area contributed by atoms with Crippen molar-refractivity contribution in [3.8, 4) is 0 Å². The molecule has 0 bridgehead atoms. The molecule has 0 saturated carbocycles. The predicted octanol–water partition coefficient (Wildman–Crippen LogP) is 1.27. The third-order valence-electron chi connectivity index (χ3n) is 1.53. The zero-order valence-electron chi connectivity index (χ0n) is 5.68. The maximum Gasteiger partial charge on any atom is 0.244 e. The Balaban J connectivity index is 2.64. The number of hydrogen-bond donors (Lipinski definition) is 2. The van der Waals surface area contributed by atoms with Gasteiger partial charge in [-0.3, -0.25) is 0 Å². The molecular formula is C6H7N4O+. The lowest BCUT2D eigenvalue weighted by Gasteiger charge is -2.08. The largest absolute Gasteiger partial charge is 0.244 e. The number of para-hydroxylation sites is 1. The molecule has 2 rings (SSSR count). The van der Waals surface area contributed by atoms with Gasteiger partial charge in [0, 0.05) is 6.07 Å². The fourth-order valence-corrected chi connectivity index (χ4v) is 0.992. The Hall–Kier alpha value is -1.30. The van der Waals surface area contributed by atoms with Crippen molar-refractivity contribution in [1.82, 2.24) is 4.86 Å². The van der Waals surface area contributed by atoms with Crippen LogP contribution >= 0.6 is 0 Å². The highest BCUT2D eigenvalue weighted by Gasteiger charge is 2.33. The van der Waals surface area contributed by atoms with Crippen LogP contribution in [0.15, 0.2) is 34.6 Å². The normalized spacial score (nSPS) is 27.1. The summed E-state index contributed by atoms with van der Waals surface area (Å²) < 4.78 is 0. The molecule has 5 heteroatoms. The van der Waals surface area contributed by atoms with Crippen molar-refractivity contribution in [2.24, 2.45) is 16.2 Å². The van der Waals surface area contributed by atoms with Crippen LogP contribution < -0.4 is 10.7 Å². The molecule has 56 valence electrons. The van der Waals surface area contributed by atoms with Gasteiger partial charge in [-0.15, -0.1) is 5.84 Å². The third-order valence-corrected chi connectivity index (χ3v) is 1.53. The van der Waals surface area contributed by atoms with Gasteiger partial charge in [0.2, 0.25) is 5.69 Å². The first-order chi connectivity index (χ1) is 5.20. The van der Waals surface area contributed by atoms with E-state index in [9.17, 15) is 5.21 Å². The number of hydrogen-bond acceptors (Lipinski definition) is 4. The van der Waals surface area contributed by atoms with Gasteiger partial charge in [0.1, 0.15) is 0 Å². The van der Waals surface area contributed by atoms with Crippen LogP contribution in [0.3, 0.4) is 0 Å². The summed E-state index contributed by atoms with van der Waals surface area (Å²) in [4.78, 5) is -0.990. The first-order valence-electron chi connectivity index (χ1n) is 3.13. The van der Waals surface area contributed by atoms with E-state index in [1.54, 1.807) is 18.2 Å². The molecule has 11 heavy (non-hydrogen) atoms. The van der Waals surface area contributed by atoms with Gasteiger partial charge in [0.25, 0.3) is 0 Å². The second kappa shape index (κ2) is 1.85. The number of nitrogens with two attached hydrogens (primary N) is 1. The van der Waals surface area contributed by atoms with E-state index in [1.165, 1.54) is 0 Å². The number of benzene rings is 1. The van der Waals surface area contributed by atoms with Crippen LogP contribution in [-0.4, -0.2) is 5.21 Å². The van der Waals surface area contributed by atoms with Crippen molar-refractivity contribution in [3.63, 3.8) is 0 Å². The highest BCUT2D eigenvalue weighted by molar-refractivity contribution is 5.63. The van der Waals surface area contributed by atoms with Gasteiger partial charge >= 0.3 is 0 Å². The lowest BCUT2D eigenvalue weighted by atomic mass is 10.3. The lowest BCUT2D eigenvalue weighted by Crippen LogP contribution is -2.45. The smallest absolute Gasteiger partial charge is 0.160 e. The van der Waals surface area contributed by atoms with Crippen molar-refractivity contribution in [2.45, 2.75) is 0 Å². The van der Waals surface area contributed by atoms with Crippen molar-refractivity contribution in [2.75, 3.05) is 0 Å². The van der Waals surface area contributed by atoms with Crippen LogP contribution in [0.5, 0.6) is 0 Å². The average Bonchev–Trinajstić information content (AvgIpc) is 2.29. The zero-order chi connectivity index (χ0) is 7.90. The van der Waals surface area contributed by atoms with Gasteiger partial charge in [-0.25, -0.2) is 0 Å². The summed E-state index contributed by atoms with van der Waals surface area (Å²) in [6, 6.07) is 6.99. The van der Waals surface area contributed by atoms with E-state index in [2.05, 4.69) is 10.3 Å². The minimum atomic E-state index is -0.990. The molecule has 1 unspecified atom stereocenters. The van der Waals surface area contributed by atoms with Gasteiger partial charge < -0.3 is 0 Å². The molecule has 1 aromatic carbocycles. The van der Waals surface area contributed by atoms with E-state index in [1.807, 2.05) is 6.07 Å². The molecule has 1 atom stereocenters. The monoisotopic (exact) mass is 151 g/mol. The second-order valence-corrected chi connectivity index (χ2v) is 2.33. The van der Waals surface area contributed by atoms with Crippen molar-refractivity contribution >= 4 is 11.4 Å². The summed E-state index contributed by atoms with van der Waals surface area (Å²) in [5.41, 5.74) is 1.10. The summed E-state index contributed by atoms with van der Waals surface area (Å²) in [6.07, 6.45) is 0. The van der Waals surface area contributed by atoms with Gasteiger partial charge in [-0.1, -0.05) is 17.2 Å². The van der Waals surface area contributed by atoms with Crippen LogP contribution in [0.2, 0.25) is 0 Å². The topological polar surface area (TPSA) is 71.0 Å². The molecule has 1 aliphatic rings. The summed E-state index contributed by atoms with van der Waals surface area (Å²) in [6.45, 7) is 0. The summed E-state index contributed by atoms with van der Waals surface area (Å²) in [5.74, 6) is 5.32. The van der Waals surface area contributed by atoms with E-state index < -0.39 is 4.86 Å². The first kappa shape index (κ1) is 6.41. The van der Waals surface area contributed by atoms with E-state index in [0.29, 0.717) is 11.4 Å². The lowest BCUT2D eigenvalue weighted by molar-refractivity contribution is -0.0821. The number of nitrogens with zero attached hydrogens (tertiary/aromatic N) is 3. The Morgan fingerprint density at radius 3 is 2.82 bits per heavy atom. The first-order valence-corrected chi connectivity index (χ1v) is 3.13. The maximum atomic E-state index is 9.30. The van der Waals surface area contributed by atoms with Crippen molar-refractivity contribution in [3.05, 3.63) is 24.3 Å². The minimum Gasteiger partial charge on any atom is -0.160 e. The molecule has 1 aliphatic heterocycles. The predicted molar refractivity (Wildman–Crippen MR) is 38.7 cm³/mol. The van der Waals surface area contributed by atoms with Gasteiger partial charge in [-0.05, 0) is 6.07 Å². The van der Waals surface area contributed by atoms with Crippen LogP contribution in [-0.2, 0) is 0 Å². The summed E-state index contributed by atoms with van der Waals surface area (Å²) in [7, 11) is 0. The highest BCUT2D eigenvalue weighted by Crippen LogP contribution is 2.35. The van der Waals surface area contributed by atoms with Gasteiger partial charge in [0.05, 0.1) is 10.1 Å². The maximum absolute atomic E-state index is 9.30. The third kappa shape index (κ3) is 0.829. The highest BCUT2D eigenvalue weighted by atomic mass is 16.6. The fourth-order valence-electron chi connectivity index (χ4n) is 0.992. The number of rotatable bonds is 0.